The molecule has 110 valence electrons. The Morgan fingerprint density at radius 3 is 2.67 bits per heavy atom. The zero-order chi connectivity index (χ0) is 15.4. The molecule has 21 heavy (non-hydrogen) atoms. The van der Waals surface area contributed by atoms with Crippen LogP contribution in [0.3, 0.4) is 0 Å². The molecule has 0 aliphatic carbocycles. The van der Waals surface area contributed by atoms with E-state index in [1.165, 1.54) is 12.1 Å². The van der Waals surface area contributed by atoms with Crippen LogP contribution in [0.2, 0.25) is 0 Å². The van der Waals surface area contributed by atoms with Gasteiger partial charge < -0.3 is 5.11 Å². The normalized spacial score (nSPS) is 10.9. The summed E-state index contributed by atoms with van der Waals surface area (Å²) >= 11 is 0. The third kappa shape index (κ3) is 4.10. The zero-order valence-corrected chi connectivity index (χ0v) is 12.0. The zero-order valence-electron chi connectivity index (χ0n) is 12.0. The van der Waals surface area contributed by atoms with Gasteiger partial charge in [0.2, 0.25) is 0 Å². The summed E-state index contributed by atoms with van der Waals surface area (Å²) in [4.78, 5) is 17.1. The maximum atomic E-state index is 13.9. The van der Waals surface area contributed by atoms with E-state index >= 15 is 0 Å². The molecular formula is C16H17FN2O2. The Morgan fingerprint density at radius 2 is 2.05 bits per heavy atom. The van der Waals surface area contributed by atoms with Crippen LogP contribution < -0.4 is 0 Å². The van der Waals surface area contributed by atoms with Gasteiger partial charge in [-0.3, -0.25) is 9.88 Å². The Labute approximate surface area is 122 Å². The number of carboxylic acid groups (broad SMARTS) is 1. The fraction of sp³-hybridized carbons (Fsp3) is 0.250. The molecular weight excluding hydrogens is 271 g/mol. The number of halogens is 1. The van der Waals surface area contributed by atoms with Crippen LogP contribution in [0.15, 0.2) is 36.4 Å². The lowest BCUT2D eigenvalue weighted by atomic mass is 10.1. The molecule has 0 radical (unpaired) electrons. The summed E-state index contributed by atoms with van der Waals surface area (Å²) < 4.78 is 13.9. The van der Waals surface area contributed by atoms with Gasteiger partial charge in [-0.05, 0) is 38.2 Å². The number of pyridine rings is 1. The molecule has 2 aromatic rings. The summed E-state index contributed by atoms with van der Waals surface area (Å²) in [6.45, 7) is 2.91. The average molecular weight is 288 g/mol. The van der Waals surface area contributed by atoms with Crippen LogP contribution in [0.1, 0.15) is 27.3 Å². The molecule has 1 aromatic heterocycles. The van der Waals surface area contributed by atoms with E-state index in [-0.39, 0.29) is 5.56 Å². The highest BCUT2D eigenvalue weighted by atomic mass is 19.1. The van der Waals surface area contributed by atoms with Gasteiger partial charge in [0.25, 0.3) is 0 Å². The van der Waals surface area contributed by atoms with Gasteiger partial charge in [-0.2, -0.15) is 0 Å². The molecule has 1 aromatic carbocycles. The fourth-order valence-electron chi connectivity index (χ4n) is 2.12. The van der Waals surface area contributed by atoms with Crippen molar-refractivity contribution >= 4 is 5.97 Å². The molecule has 4 nitrogen and oxygen atoms in total. The summed E-state index contributed by atoms with van der Waals surface area (Å²) in [6.07, 6.45) is 0. The van der Waals surface area contributed by atoms with E-state index in [1.54, 1.807) is 0 Å². The van der Waals surface area contributed by atoms with Crippen LogP contribution in [-0.4, -0.2) is 28.0 Å². The molecule has 0 fully saturated rings. The first-order valence-electron chi connectivity index (χ1n) is 6.58. The summed E-state index contributed by atoms with van der Waals surface area (Å²) in [5.41, 5.74) is 2.28. The third-order valence-electron chi connectivity index (χ3n) is 3.12. The van der Waals surface area contributed by atoms with Crippen LogP contribution in [-0.2, 0) is 13.1 Å². The number of benzene rings is 1. The number of aryl methyl sites for hydroxylation is 1. The molecule has 0 amide bonds. The van der Waals surface area contributed by atoms with Crippen LogP contribution in [0, 0.1) is 12.7 Å². The van der Waals surface area contributed by atoms with E-state index in [1.807, 2.05) is 37.1 Å². The van der Waals surface area contributed by atoms with Gasteiger partial charge in [-0.15, -0.1) is 0 Å². The van der Waals surface area contributed by atoms with E-state index in [2.05, 4.69) is 4.98 Å². The quantitative estimate of drug-likeness (QED) is 0.919. The largest absolute Gasteiger partial charge is 0.478 e. The number of nitrogens with zero attached hydrogens (tertiary/aromatic N) is 2. The van der Waals surface area contributed by atoms with Crippen molar-refractivity contribution in [3.05, 3.63) is 64.7 Å². The van der Waals surface area contributed by atoms with Gasteiger partial charge in [0, 0.05) is 24.3 Å². The van der Waals surface area contributed by atoms with Crippen molar-refractivity contribution in [2.24, 2.45) is 0 Å². The minimum atomic E-state index is -1.13. The lowest BCUT2D eigenvalue weighted by Crippen LogP contribution is -2.19. The Kier molecular flexibility index (Phi) is 4.65. The molecule has 2 rings (SSSR count). The maximum absolute atomic E-state index is 13.9. The van der Waals surface area contributed by atoms with E-state index in [0.29, 0.717) is 18.7 Å². The topological polar surface area (TPSA) is 53.4 Å². The number of aromatic nitrogens is 1. The third-order valence-corrected chi connectivity index (χ3v) is 3.12. The van der Waals surface area contributed by atoms with Gasteiger partial charge in [-0.25, -0.2) is 9.18 Å². The molecule has 0 aliphatic rings. The molecule has 1 N–H and O–H groups in total. The molecule has 0 bridgehead atoms. The predicted molar refractivity (Wildman–Crippen MR) is 77.5 cm³/mol. The summed E-state index contributed by atoms with van der Waals surface area (Å²) in [5.74, 6) is -1.63. The van der Waals surface area contributed by atoms with Crippen LogP contribution in [0.4, 0.5) is 4.39 Å². The average Bonchev–Trinajstić information content (AvgIpc) is 2.40. The highest BCUT2D eigenvalue weighted by Crippen LogP contribution is 2.14. The highest BCUT2D eigenvalue weighted by molar-refractivity contribution is 5.87. The van der Waals surface area contributed by atoms with Crippen molar-refractivity contribution in [1.29, 1.82) is 0 Å². The van der Waals surface area contributed by atoms with Gasteiger partial charge in [-0.1, -0.05) is 12.1 Å². The molecule has 0 saturated heterocycles. The molecule has 0 aliphatic heterocycles. The first kappa shape index (κ1) is 15.1. The number of hydrogen-bond donors (Lipinski definition) is 1. The van der Waals surface area contributed by atoms with Gasteiger partial charge in [0.1, 0.15) is 5.82 Å². The summed E-state index contributed by atoms with van der Waals surface area (Å²) in [5, 5.41) is 8.82. The number of rotatable bonds is 5. The van der Waals surface area contributed by atoms with Gasteiger partial charge in [0.15, 0.2) is 0 Å². The maximum Gasteiger partial charge on any atom is 0.335 e. The SMILES string of the molecule is Cc1cccc(CN(C)Cc2ccc(C(=O)O)cc2F)n1. The first-order chi connectivity index (χ1) is 9.95. The number of carbonyl (C=O) groups is 1. The molecule has 5 heteroatoms. The smallest absolute Gasteiger partial charge is 0.335 e. The second kappa shape index (κ2) is 6.45. The van der Waals surface area contributed by atoms with E-state index in [0.717, 1.165) is 17.5 Å². The number of aromatic carboxylic acids is 1. The van der Waals surface area contributed by atoms with E-state index < -0.39 is 11.8 Å². The fourth-order valence-corrected chi connectivity index (χ4v) is 2.12. The number of hydrogen-bond acceptors (Lipinski definition) is 3. The first-order valence-corrected chi connectivity index (χ1v) is 6.58. The highest BCUT2D eigenvalue weighted by Gasteiger charge is 2.10. The molecule has 0 atom stereocenters. The lowest BCUT2D eigenvalue weighted by Gasteiger charge is -2.17. The standard InChI is InChI=1S/C16H17FN2O2/c1-11-4-3-5-14(18-11)10-19(2)9-13-7-6-12(16(20)21)8-15(13)17/h3-8H,9-10H2,1-2H3,(H,20,21). The van der Waals surface area contributed by atoms with Crippen molar-refractivity contribution in [2.75, 3.05) is 7.05 Å². The Morgan fingerprint density at radius 1 is 1.29 bits per heavy atom. The Balaban J connectivity index is 2.06. The minimum Gasteiger partial charge on any atom is -0.478 e. The second-order valence-corrected chi connectivity index (χ2v) is 5.05. The molecule has 0 spiro atoms. The Bertz CT molecular complexity index is 658. The molecule has 0 unspecified atom stereocenters. The van der Waals surface area contributed by atoms with E-state index in [9.17, 15) is 9.18 Å². The summed E-state index contributed by atoms with van der Waals surface area (Å²) in [6, 6.07) is 9.77. The van der Waals surface area contributed by atoms with Crippen LogP contribution in [0.5, 0.6) is 0 Å². The predicted octanol–water partition coefficient (Wildman–Crippen LogP) is 2.86. The van der Waals surface area contributed by atoms with Crippen molar-refractivity contribution in [1.82, 2.24) is 9.88 Å². The minimum absolute atomic E-state index is 0.0424. The van der Waals surface area contributed by atoms with Gasteiger partial charge >= 0.3 is 5.97 Å². The molecule has 0 saturated carbocycles. The van der Waals surface area contributed by atoms with Crippen molar-refractivity contribution in [3.8, 4) is 0 Å². The summed E-state index contributed by atoms with van der Waals surface area (Å²) in [7, 11) is 1.87. The van der Waals surface area contributed by atoms with Crippen LogP contribution in [0.25, 0.3) is 0 Å². The van der Waals surface area contributed by atoms with Crippen molar-refractivity contribution < 1.29 is 14.3 Å². The van der Waals surface area contributed by atoms with E-state index in [4.69, 9.17) is 5.11 Å². The van der Waals surface area contributed by atoms with Crippen molar-refractivity contribution in [2.45, 2.75) is 20.0 Å². The van der Waals surface area contributed by atoms with Crippen molar-refractivity contribution in [3.63, 3.8) is 0 Å². The number of carboxylic acids is 1. The van der Waals surface area contributed by atoms with Gasteiger partial charge in [0.05, 0.1) is 11.3 Å². The Hall–Kier alpha value is -2.27. The monoisotopic (exact) mass is 288 g/mol. The molecule has 1 heterocycles. The second-order valence-electron chi connectivity index (χ2n) is 5.05. The lowest BCUT2D eigenvalue weighted by molar-refractivity contribution is 0.0696. The van der Waals surface area contributed by atoms with Crippen LogP contribution >= 0.6 is 0 Å².